The van der Waals surface area contributed by atoms with E-state index in [1.807, 2.05) is 13.3 Å². The molecule has 2 unspecified atom stereocenters. The first-order chi connectivity index (χ1) is 8.85. The zero-order valence-corrected chi connectivity index (χ0v) is 11.1. The molecule has 2 aliphatic rings. The van der Waals surface area contributed by atoms with E-state index in [1.165, 1.54) is 37.7 Å². The van der Waals surface area contributed by atoms with Gasteiger partial charge in [-0.2, -0.15) is 5.10 Å². The molecule has 0 bridgehead atoms. The maximum absolute atomic E-state index is 5.48. The molecule has 2 saturated carbocycles. The molecule has 0 aliphatic heterocycles. The smallest absolute Gasteiger partial charge is 0.0591 e. The second kappa shape index (κ2) is 5.41. The Hall–Kier alpha value is -0.870. The summed E-state index contributed by atoms with van der Waals surface area (Å²) in [5, 5.41) is 8.06. The van der Waals surface area contributed by atoms with Crippen LogP contribution in [0.25, 0.3) is 0 Å². The molecule has 0 radical (unpaired) electrons. The Labute approximate surface area is 109 Å². The summed E-state index contributed by atoms with van der Waals surface area (Å²) in [4.78, 5) is 0. The third-order valence-corrected chi connectivity index (χ3v) is 4.13. The van der Waals surface area contributed by atoms with Gasteiger partial charge < -0.3 is 10.1 Å². The molecule has 4 heteroatoms. The topological polar surface area (TPSA) is 39.1 Å². The van der Waals surface area contributed by atoms with Gasteiger partial charge in [0.05, 0.1) is 18.3 Å². The summed E-state index contributed by atoms with van der Waals surface area (Å²) in [7, 11) is 1.82. The van der Waals surface area contributed by atoms with Crippen LogP contribution >= 0.6 is 0 Å². The lowest BCUT2D eigenvalue weighted by Gasteiger charge is -2.28. The lowest BCUT2D eigenvalue weighted by atomic mass is 9.93. The number of rotatable bonds is 5. The van der Waals surface area contributed by atoms with E-state index in [4.69, 9.17) is 4.74 Å². The van der Waals surface area contributed by atoms with Gasteiger partial charge >= 0.3 is 0 Å². The van der Waals surface area contributed by atoms with Crippen molar-refractivity contribution in [2.75, 3.05) is 7.11 Å². The van der Waals surface area contributed by atoms with Crippen LogP contribution in [0.5, 0.6) is 0 Å². The molecule has 4 nitrogen and oxygen atoms in total. The van der Waals surface area contributed by atoms with Crippen molar-refractivity contribution in [1.82, 2.24) is 15.1 Å². The van der Waals surface area contributed by atoms with Crippen molar-refractivity contribution >= 4 is 0 Å². The zero-order valence-electron chi connectivity index (χ0n) is 11.1. The van der Waals surface area contributed by atoms with Crippen LogP contribution in [0, 0.1) is 0 Å². The van der Waals surface area contributed by atoms with Crippen LogP contribution in [-0.2, 0) is 11.3 Å². The van der Waals surface area contributed by atoms with Gasteiger partial charge in [0.1, 0.15) is 0 Å². The normalized spacial score (nSPS) is 28.5. The van der Waals surface area contributed by atoms with Crippen molar-refractivity contribution in [3.63, 3.8) is 0 Å². The average molecular weight is 249 g/mol. The van der Waals surface area contributed by atoms with E-state index >= 15 is 0 Å². The molecule has 1 N–H and O–H groups in total. The van der Waals surface area contributed by atoms with Gasteiger partial charge in [-0.25, -0.2) is 0 Å². The molecular formula is C14H23N3O. The van der Waals surface area contributed by atoms with E-state index < -0.39 is 0 Å². The molecule has 0 saturated heterocycles. The third kappa shape index (κ3) is 2.93. The second-order valence-corrected chi connectivity index (χ2v) is 5.66. The van der Waals surface area contributed by atoms with Gasteiger partial charge in [-0.05, 0) is 38.5 Å². The Morgan fingerprint density at radius 3 is 3.06 bits per heavy atom. The van der Waals surface area contributed by atoms with E-state index in [-0.39, 0.29) is 0 Å². The Morgan fingerprint density at radius 2 is 2.28 bits per heavy atom. The van der Waals surface area contributed by atoms with Gasteiger partial charge in [0.15, 0.2) is 0 Å². The predicted molar refractivity (Wildman–Crippen MR) is 70.4 cm³/mol. The van der Waals surface area contributed by atoms with Gasteiger partial charge in [0.2, 0.25) is 0 Å². The lowest BCUT2D eigenvalue weighted by Crippen LogP contribution is -2.24. The largest absolute Gasteiger partial charge is 0.381 e. The monoisotopic (exact) mass is 249 g/mol. The maximum atomic E-state index is 5.48. The van der Waals surface area contributed by atoms with Crippen LogP contribution in [0.3, 0.4) is 0 Å². The van der Waals surface area contributed by atoms with Crippen molar-refractivity contribution in [2.24, 2.45) is 0 Å². The molecule has 0 amide bonds. The molecule has 2 atom stereocenters. The highest BCUT2D eigenvalue weighted by Crippen LogP contribution is 2.29. The standard InChI is InChI=1S/C14H23N3O/c1-18-14-4-2-3-13(7-14)17-10-11(9-16-17)8-15-12-5-6-12/h9-10,12-15H,2-8H2,1H3. The Morgan fingerprint density at radius 1 is 1.39 bits per heavy atom. The molecule has 1 heterocycles. The molecule has 2 aliphatic carbocycles. The molecule has 0 spiro atoms. The summed E-state index contributed by atoms with van der Waals surface area (Å²) in [5.41, 5.74) is 1.31. The quantitative estimate of drug-likeness (QED) is 0.870. The number of ether oxygens (including phenoxy) is 1. The van der Waals surface area contributed by atoms with Crippen molar-refractivity contribution in [2.45, 2.75) is 63.3 Å². The Balaban J connectivity index is 1.57. The van der Waals surface area contributed by atoms with Gasteiger partial charge in [-0.3, -0.25) is 4.68 Å². The van der Waals surface area contributed by atoms with Crippen LogP contribution in [0.4, 0.5) is 0 Å². The summed E-state index contributed by atoms with van der Waals surface area (Å²) < 4.78 is 7.63. The first-order valence-corrected chi connectivity index (χ1v) is 7.14. The summed E-state index contributed by atoms with van der Waals surface area (Å²) >= 11 is 0. The van der Waals surface area contributed by atoms with Crippen LogP contribution in [0.15, 0.2) is 12.4 Å². The molecule has 1 aromatic heterocycles. The van der Waals surface area contributed by atoms with Crippen molar-refractivity contribution in [3.8, 4) is 0 Å². The summed E-state index contributed by atoms with van der Waals surface area (Å²) in [6.45, 7) is 0.963. The average Bonchev–Trinajstić information content (AvgIpc) is 3.13. The van der Waals surface area contributed by atoms with E-state index in [2.05, 4.69) is 21.3 Å². The molecule has 100 valence electrons. The molecule has 2 fully saturated rings. The van der Waals surface area contributed by atoms with Gasteiger partial charge in [0.25, 0.3) is 0 Å². The summed E-state index contributed by atoms with van der Waals surface area (Å²) in [5.74, 6) is 0. The lowest BCUT2D eigenvalue weighted by molar-refractivity contribution is 0.0508. The van der Waals surface area contributed by atoms with E-state index in [0.717, 1.165) is 19.0 Å². The van der Waals surface area contributed by atoms with Crippen LogP contribution in [-0.4, -0.2) is 29.0 Å². The van der Waals surface area contributed by atoms with Crippen LogP contribution < -0.4 is 5.32 Å². The van der Waals surface area contributed by atoms with Crippen molar-refractivity contribution in [1.29, 1.82) is 0 Å². The molecular weight excluding hydrogens is 226 g/mol. The highest BCUT2D eigenvalue weighted by Gasteiger charge is 2.24. The number of methoxy groups -OCH3 is 1. The first-order valence-electron chi connectivity index (χ1n) is 7.14. The molecule has 3 rings (SSSR count). The van der Waals surface area contributed by atoms with Gasteiger partial charge in [0, 0.05) is 31.5 Å². The molecule has 1 aromatic rings. The predicted octanol–water partition coefficient (Wildman–Crippen LogP) is 2.27. The van der Waals surface area contributed by atoms with Gasteiger partial charge in [-0.1, -0.05) is 0 Å². The van der Waals surface area contributed by atoms with Crippen molar-refractivity contribution in [3.05, 3.63) is 18.0 Å². The minimum Gasteiger partial charge on any atom is -0.381 e. The fourth-order valence-corrected chi connectivity index (χ4v) is 2.79. The maximum Gasteiger partial charge on any atom is 0.0591 e. The summed E-state index contributed by atoms with van der Waals surface area (Å²) in [6, 6.07) is 1.29. The fourth-order valence-electron chi connectivity index (χ4n) is 2.79. The molecule has 18 heavy (non-hydrogen) atoms. The Kier molecular flexibility index (Phi) is 3.66. The van der Waals surface area contributed by atoms with Crippen molar-refractivity contribution < 1.29 is 4.74 Å². The van der Waals surface area contributed by atoms with Crippen LogP contribution in [0.2, 0.25) is 0 Å². The number of hydrogen-bond donors (Lipinski definition) is 1. The van der Waals surface area contributed by atoms with Gasteiger partial charge in [-0.15, -0.1) is 0 Å². The number of nitrogens with one attached hydrogen (secondary N) is 1. The highest BCUT2D eigenvalue weighted by atomic mass is 16.5. The highest BCUT2D eigenvalue weighted by molar-refractivity contribution is 5.05. The first kappa shape index (κ1) is 12.2. The van der Waals surface area contributed by atoms with E-state index in [1.54, 1.807) is 0 Å². The minimum atomic E-state index is 0.418. The SMILES string of the molecule is COC1CCCC(n2cc(CNC3CC3)cn2)C1. The number of aromatic nitrogens is 2. The minimum absolute atomic E-state index is 0.418. The number of hydrogen-bond acceptors (Lipinski definition) is 3. The molecule has 0 aromatic carbocycles. The van der Waals surface area contributed by atoms with Crippen LogP contribution in [0.1, 0.15) is 50.1 Å². The van der Waals surface area contributed by atoms with E-state index in [0.29, 0.717) is 12.1 Å². The zero-order chi connectivity index (χ0) is 12.4. The second-order valence-electron chi connectivity index (χ2n) is 5.66. The number of nitrogens with zero attached hydrogens (tertiary/aromatic N) is 2. The Bertz CT molecular complexity index is 386. The third-order valence-electron chi connectivity index (χ3n) is 4.13. The fraction of sp³-hybridized carbons (Fsp3) is 0.786. The van der Waals surface area contributed by atoms with E-state index in [9.17, 15) is 0 Å². The summed E-state index contributed by atoms with van der Waals surface area (Å²) in [6.07, 6.45) is 12.1.